The summed E-state index contributed by atoms with van der Waals surface area (Å²) in [5, 5.41) is 24.9. The predicted molar refractivity (Wildman–Crippen MR) is 114 cm³/mol. The molecule has 3 atom stereocenters. The van der Waals surface area contributed by atoms with E-state index in [1.165, 1.54) is 0 Å². The number of carbonyl (C=O) groups is 5. The van der Waals surface area contributed by atoms with Gasteiger partial charge in [-0.2, -0.15) is 0 Å². The third kappa shape index (κ3) is 12.3. The van der Waals surface area contributed by atoms with Crippen LogP contribution in [0, 0.1) is 5.92 Å². The number of rotatable bonds is 15. The molecule has 0 aromatic heterocycles. The lowest BCUT2D eigenvalue weighted by atomic mass is 10.0. The minimum atomic E-state index is -1.25. The van der Waals surface area contributed by atoms with E-state index in [4.69, 9.17) is 27.4 Å². The zero-order valence-electron chi connectivity index (χ0n) is 18.2. The van der Waals surface area contributed by atoms with Crippen molar-refractivity contribution >= 4 is 35.6 Å². The monoisotopic (exact) mass is 459 g/mol. The maximum Gasteiger partial charge on any atom is 0.326 e. The number of nitrogens with two attached hydrogens (primary N) is 3. The first-order chi connectivity index (χ1) is 14.8. The van der Waals surface area contributed by atoms with Crippen LogP contribution in [0.3, 0.4) is 0 Å². The van der Waals surface area contributed by atoms with Crippen molar-refractivity contribution in [1.29, 1.82) is 0 Å². The van der Waals surface area contributed by atoms with Crippen LogP contribution in [0.4, 0.5) is 0 Å². The number of nitrogens with zero attached hydrogens (tertiary/aromatic N) is 1. The van der Waals surface area contributed by atoms with E-state index in [-0.39, 0.29) is 31.3 Å². The molecule has 3 amide bonds. The number of carbonyl (C=O) groups excluding carboxylic acids is 3. The third-order valence-electron chi connectivity index (χ3n) is 4.26. The van der Waals surface area contributed by atoms with Gasteiger partial charge < -0.3 is 43.4 Å². The summed E-state index contributed by atoms with van der Waals surface area (Å²) in [6.45, 7) is 2.92. The highest BCUT2D eigenvalue weighted by Crippen LogP contribution is 2.03. The molecule has 14 heteroatoms. The van der Waals surface area contributed by atoms with Gasteiger partial charge >= 0.3 is 11.9 Å². The average molecular weight is 460 g/mol. The van der Waals surface area contributed by atoms with Crippen LogP contribution in [-0.2, 0) is 24.0 Å². The smallest absolute Gasteiger partial charge is 0.326 e. The molecule has 32 heavy (non-hydrogen) atoms. The van der Waals surface area contributed by atoms with Gasteiger partial charge in [-0.05, 0) is 25.2 Å². The zero-order valence-corrected chi connectivity index (χ0v) is 18.2. The Labute approximate surface area is 185 Å². The van der Waals surface area contributed by atoms with Gasteiger partial charge in [-0.25, -0.2) is 4.79 Å². The lowest BCUT2D eigenvalue weighted by Crippen LogP contribution is -2.54. The number of carboxylic acids is 2. The van der Waals surface area contributed by atoms with E-state index < -0.39 is 60.8 Å². The van der Waals surface area contributed by atoms with E-state index in [0.717, 1.165) is 0 Å². The Morgan fingerprint density at radius 2 is 1.59 bits per heavy atom. The van der Waals surface area contributed by atoms with Gasteiger partial charge in [0.1, 0.15) is 12.1 Å². The van der Waals surface area contributed by atoms with Crippen molar-refractivity contribution < 1.29 is 34.2 Å². The molecule has 3 unspecified atom stereocenters. The molecular weight excluding hydrogens is 426 g/mol. The molecule has 0 spiro atoms. The number of aliphatic carboxylic acids is 2. The van der Waals surface area contributed by atoms with Crippen molar-refractivity contribution in [1.82, 2.24) is 16.0 Å². The Morgan fingerprint density at radius 3 is 2.09 bits per heavy atom. The number of hydrogen-bond acceptors (Lipinski definition) is 7. The molecule has 0 aliphatic rings. The first kappa shape index (κ1) is 28.6. The van der Waals surface area contributed by atoms with Gasteiger partial charge in [-0.15, -0.1) is 0 Å². The van der Waals surface area contributed by atoms with E-state index in [1.54, 1.807) is 13.8 Å². The normalized spacial score (nSPS) is 13.4. The quantitative estimate of drug-likeness (QED) is 0.0702. The topological polar surface area (TPSA) is 252 Å². The second kappa shape index (κ2) is 14.6. The summed E-state index contributed by atoms with van der Waals surface area (Å²) in [5.41, 5.74) is 16.2. The van der Waals surface area contributed by atoms with E-state index in [0.29, 0.717) is 6.42 Å². The number of carboxylic acid groups (broad SMARTS) is 2. The van der Waals surface area contributed by atoms with Crippen LogP contribution in [0.15, 0.2) is 4.99 Å². The highest BCUT2D eigenvalue weighted by Gasteiger charge is 2.26. The molecule has 0 fully saturated rings. The minimum Gasteiger partial charge on any atom is -0.481 e. The van der Waals surface area contributed by atoms with Gasteiger partial charge in [0.25, 0.3) is 0 Å². The highest BCUT2D eigenvalue weighted by molar-refractivity contribution is 5.92. The number of hydrogen-bond donors (Lipinski definition) is 8. The maximum atomic E-state index is 12.4. The number of guanidine groups is 1. The molecule has 11 N–H and O–H groups in total. The number of aliphatic imine (C=N–C) groups is 1. The van der Waals surface area contributed by atoms with Crippen molar-refractivity contribution in [2.45, 2.75) is 57.7 Å². The fraction of sp³-hybridized carbons (Fsp3) is 0.667. The predicted octanol–water partition coefficient (Wildman–Crippen LogP) is -2.94. The Morgan fingerprint density at radius 1 is 0.969 bits per heavy atom. The molecule has 0 aromatic rings. The Bertz CT molecular complexity index is 708. The van der Waals surface area contributed by atoms with Gasteiger partial charge in [0.2, 0.25) is 17.7 Å². The lowest BCUT2D eigenvalue weighted by molar-refractivity contribution is -0.143. The summed E-state index contributed by atoms with van der Waals surface area (Å²) in [6, 6.07) is -3.38. The summed E-state index contributed by atoms with van der Waals surface area (Å²) in [5.74, 6) is -5.13. The first-order valence-electron chi connectivity index (χ1n) is 9.98. The molecule has 0 saturated heterocycles. The largest absolute Gasteiger partial charge is 0.481 e. The molecule has 0 aliphatic heterocycles. The molecule has 182 valence electrons. The van der Waals surface area contributed by atoms with Crippen molar-refractivity contribution in [2.75, 3.05) is 13.1 Å². The van der Waals surface area contributed by atoms with Crippen molar-refractivity contribution in [3.8, 4) is 0 Å². The number of amides is 3. The van der Waals surface area contributed by atoms with Gasteiger partial charge in [-0.1, -0.05) is 13.8 Å². The van der Waals surface area contributed by atoms with Crippen molar-refractivity contribution in [3.05, 3.63) is 0 Å². The molecule has 0 heterocycles. The summed E-state index contributed by atoms with van der Waals surface area (Å²) in [7, 11) is 0. The summed E-state index contributed by atoms with van der Waals surface area (Å²) < 4.78 is 0. The standard InChI is InChI=1S/C18H33N7O7/c1-9(2)14(17(31)32)25-12(26)8-23-16(30)11(5-6-13(27)28)24-15(29)10(19)4-3-7-22-18(20)21/h9-11,14H,3-8,19H2,1-2H3,(H,23,30)(H,24,29)(H,25,26)(H,27,28)(H,31,32)(H4,20,21,22). The molecule has 0 bridgehead atoms. The van der Waals surface area contributed by atoms with Crippen molar-refractivity contribution in [3.63, 3.8) is 0 Å². The van der Waals surface area contributed by atoms with E-state index in [9.17, 15) is 24.0 Å². The van der Waals surface area contributed by atoms with Crippen LogP contribution >= 0.6 is 0 Å². The zero-order chi connectivity index (χ0) is 24.8. The van der Waals surface area contributed by atoms with Crippen LogP contribution in [-0.4, -0.2) is 77.0 Å². The molecule has 0 aliphatic carbocycles. The SMILES string of the molecule is CC(C)C(NC(=O)CNC(=O)C(CCC(=O)O)NC(=O)C(N)CCCN=C(N)N)C(=O)O. The lowest BCUT2D eigenvalue weighted by Gasteiger charge is -2.21. The fourth-order valence-corrected chi connectivity index (χ4v) is 2.49. The summed E-state index contributed by atoms with van der Waals surface area (Å²) in [6.07, 6.45) is -0.0406. The second-order valence-corrected chi connectivity index (χ2v) is 7.39. The average Bonchev–Trinajstić information content (AvgIpc) is 2.69. The van der Waals surface area contributed by atoms with E-state index in [2.05, 4.69) is 20.9 Å². The van der Waals surface area contributed by atoms with E-state index in [1.807, 2.05) is 0 Å². The molecule has 14 nitrogen and oxygen atoms in total. The molecular formula is C18H33N7O7. The Hall–Kier alpha value is -3.42. The number of nitrogens with one attached hydrogen (secondary N) is 3. The molecule has 0 saturated carbocycles. The molecule has 0 rings (SSSR count). The Kier molecular flexibility index (Phi) is 13.0. The maximum absolute atomic E-state index is 12.4. The van der Waals surface area contributed by atoms with Crippen LogP contribution in [0.1, 0.15) is 39.5 Å². The van der Waals surface area contributed by atoms with Crippen LogP contribution in [0.25, 0.3) is 0 Å². The first-order valence-corrected chi connectivity index (χ1v) is 9.98. The fourth-order valence-electron chi connectivity index (χ4n) is 2.49. The third-order valence-corrected chi connectivity index (χ3v) is 4.26. The Balaban J connectivity index is 4.87. The van der Waals surface area contributed by atoms with Gasteiger partial charge in [0.05, 0.1) is 12.6 Å². The van der Waals surface area contributed by atoms with Gasteiger partial charge in [-0.3, -0.25) is 24.2 Å². The highest BCUT2D eigenvalue weighted by atomic mass is 16.4. The second-order valence-electron chi connectivity index (χ2n) is 7.39. The molecule has 0 radical (unpaired) electrons. The van der Waals surface area contributed by atoms with Crippen LogP contribution in [0.2, 0.25) is 0 Å². The molecule has 0 aromatic carbocycles. The van der Waals surface area contributed by atoms with Gasteiger partial charge in [0.15, 0.2) is 5.96 Å². The van der Waals surface area contributed by atoms with E-state index >= 15 is 0 Å². The van der Waals surface area contributed by atoms with Crippen molar-refractivity contribution in [2.24, 2.45) is 28.1 Å². The summed E-state index contributed by atoms with van der Waals surface area (Å²) in [4.78, 5) is 62.4. The van der Waals surface area contributed by atoms with Gasteiger partial charge in [0, 0.05) is 13.0 Å². The minimum absolute atomic E-state index is 0.0967. The van der Waals surface area contributed by atoms with Crippen LogP contribution in [0.5, 0.6) is 0 Å². The van der Waals surface area contributed by atoms with Crippen LogP contribution < -0.4 is 33.2 Å². The summed E-state index contributed by atoms with van der Waals surface area (Å²) >= 11 is 0.